The number of fused-ring (bicyclic) bond motifs is 1. The van der Waals surface area contributed by atoms with Crippen LogP contribution in [0.1, 0.15) is 98.2 Å². The van der Waals surface area contributed by atoms with E-state index in [-0.39, 0.29) is 11.7 Å². The third kappa shape index (κ3) is 7.17. The Hall–Kier alpha value is -3.21. The van der Waals surface area contributed by atoms with Crippen molar-refractivity contribution >= 4 is 5.97 Å². The van der Waals surface area contributed by atoms with Crippen LogP contribution >= 0.6 is 0 Å². The molecule has 218 valence electrons. The molecule has 2 fully saturated rings. The van der Waals surface area contributed by atoms with E-state index in [0.717, 1.165) is 32.1 Å². The predicted molar refractivity (Wildman–Crippen MR) is 159 cm³/mol. The van der Waals surface area contributed by atoms with Crippen molar-refractivity contribution in [3.8, 4) is 11.5 Å². The lowest BCUT2D eigenvalue weighted by molar-refractivity contribution is 0.0734. The van der Waals surface area contributed by atoms with Crippen molar-refractivity contribution in [2.45, 2.75) is 84.0 Å². The molecule has 2 saturated carbocycles. The van der Waals surface area contributed by atoms with Crippen LogP contribution in [-0.2, 0) is 12.8 Å². The highest BCUT2D eigenvalue weighted by Crippen LogP contribution is 2.48. The second kappa shape index (κ2) is 13.6. The fraction of sp³-hybridized carbons (Fsp3) is 0.472. The first kappa shape index (κ1) is 29.3. The molecule has 3 aromatic carbocycles. The van der Waals surface area contributed by atoms with Gasteiger partial charge in [0.15, 0.2) is 11.6 Å². The van der Waals surface area contributed by atoms with Crippen molar-refractivity contribution in [2.24, 2.45) is 17.8 Å². The van der Waals surface area contributed by atoms with Crippen LogP contribution in [0.5, 0.6) is 11.5 Å². The highest BCUT2D eigenvalue weighted by atomic mass is 19.2. The molecule has 2 aliphatic rings. The molecular weight excluding hydrogens is 518 g/mol. The fourth-order valence-electron chi connectivity index (χ4n) is 7.01. The minimum Gasteiger partial charge on any atom is -0.491 e. The Balaban J connectivity index is 1.10. The Bertz CT molecular complexity index is 1300. The minimum atomic E-state index is -0.867. The number of ether oxygens (including phenoxy) is 2. The molecule has 0 spiro atoms. The number of carbonyl (C=O) groups excluding carboxylic acids is 1. The Kier molecular flexibility index (Phi) is 9.74. The average Bonchev–Trinajstić information content (AvgIpc) is 3.00. The molecule has 0 N–H and O–H groups in total. The molecule has 0 heterocycles. The molecule has 0 radical (unpaired) electrons. The molecule has 0 aliphatic heterocycles. The van der Waals surface area contributed by atoms with E-state index in [9.17, 15) is 13.6 Å². The van der Waals surface area contributed by atoms with Crippen LogP contribution < -0.4 is 9.47 Å². The molecule has 41 heavy (non-hydrogen) atoms. The van der Waals surface area contributed by atoms with E-state index < -0.39 is 11.6 Å². The maximum absolute atomic E-state index is 14.5. The summed E-state index contributed by atoms with van der Waals surface area (Å²) in [7, 11) is 0. The number of aryl methyl sites for hydroxylation is 2. The van der Waals surface area contributed by atoms with Gasteiger partial charge >= 0.3 is 5.97 Å². The van der Waals surface area contributed by atoms with Crippen molar-refractivity contribution in [3.63, 3.8) is 0 Å². The molecule has 4 unspecified atom stereocenters. The van der Waals surface area contributed by atoms with Crippen molar-refractivity contribution in [3.05, 3.63) is 94.6 Å². The van der Waals surface area contributed by atoms with Crippen molar-refractivity contribution < 1.29 is 23.0 Å². The monoisotopic (exact) mass is 560 g/mol. The fourth-order valence-corrected chi connectivity index (χ4v) is 7.01. The van der Waals surface area contributed by atoms with Gasteiger partial charge in [0, 0.05) is 0 Å². The van der Waals surface area contributed by atoms with Gasteiger partial charge in [0.2, 0.25) is 5.82 Å². The van der Waals surface area contributed by atoms with Crippen molar-refractivity contribution in [2.75, 3.05) is 6.61 Å². The highest BCUT2D eigenvalue weighted by Gasteiger charge is 2.36. The smallest absolute Gasteiger partial charge is 0.343 e. The van der Waals surface area contributed by atoms with Crippen molar-refractivity contribution in [1.29, 1.82) is 0 Å². The van der Waals surface area contributed by atoms with Crippen LogP contribution in [0.25, 0.3) is 0 Å². The van der Waals surface area contributed by atoms with Crippen LogP contribution in [0.15, 0.2) is 60.7 Å². The quantitative estimate of drug-likeness (QED) is 0.183. The van der Waals surface area contributed by atoms with Gasteiger partial charge in [-0.05, 0) is 129 Å². The van der Waals surface area contributed by atoms with E-state index in [1.807, 2.05) is 36.4 Å². The van der Waals surface area contributed by atoms with Gasteiger partial charge in [-0.3, -0.25) is 0 Å². The summed E-state index contributed by atoms with van der Waals surface area (Å²) in [5, 5.41) is 0. The Morgan fingerprint density at radius 3 is 2.27 bits per heavy atom. The molecule has 3 aromatic rings. The summed E-state index contributed by atoms with van der Waals surface area (Å²) in [5.41, 5.74) is 3.58. The van der Waals surface area contributed by atoms with Gasteiger partial charge in [0.25, 0.3) is 0 Å². The molecule has 0 aromatic heterocycles. The van der Waals surface area contributed by atoms with Crippen LogP contribution in [0, 0.1) is 29.4 Å². The van der Waals surface area contributed by atoms with Crippen LogP contribution in [0.4, 0.5) is 8.78 Å². The molecule has 0 amide bonds. The van der Waals surface area contributed by atoms with Gasteiger partial charge in [-0.2, -0.15) is 4.39 Å². The van der Waals surface area contributed by atoms with Crippen LogP contribution in [-0.4, -0.2) is 12.6 Å². The van der Waals surface area contributed by atoms with Gasteiger partial charge in [-0.15, -0.1) is 0 Å². The minimum absolute atomic E-state index is 0.00593. The Labute approximate surface area is 243 Å². The molecule has 3 nitrogen and oxygen atoms in total. The largest absolute Gasteiger partial charge is 0.491 e. The van der Waals surface area contributed by atoms with E-state index in [1.165, 1.54) is 36.8 Å². The zero-order valence-electron chi connectivity index (χ0n) is 24.3. The summed E-state index contributed by atoms with van der Waals surface area (Å²) in [6.45, 7) is 4.23. The molecule has 0 bridgehead atoms. The first-order chi connectivity index (χ1) is 19.9. The Morgan fingerprint density at radius 1 is 0.805 bits per heavy atom. The van der Waals surface area contributed by atoms with Crippen LogP contribution in [0.2, 0.25) is 0 Å². The number of carbonyl (C=O) groups is 1. The van der Waals surface area contributed by atoms with Gasteiger partial charge < -0.3 is 9.47 Å². The van der Waals surface area contributed by atoms with Crippen LogP contribution in [0.3, 0.4) is 0 Å². The molecule has 2 aliphatic carbocycles. The third-order valence-corrected chi connectivity index (χ3v) is 9.26. The molecule has 0 saturated heterocycles. The van der Waals surface area contributed by atoms with Gasteiger partial charge in [0.05, 0.1) is 12.2 Å². The number of hydrogen-bond donors (Lipinski definition) is 0. The Morgan fingerprint density at radius 2 is 1.54 bits per heavy atom. The highest BCUT2D eigenvalue weighted by molar-refractivity contribution is 5.91. The van der Waals surface area contributed by atoms with E-state index >= 15 is 0 Å². The zero-order valence-corrected chi connectivity index (χ0v) is 24.3. The van der Waals surface area contributed by atoms with E-state index in [4.69, 9.17) is 9.47 Å². The second-order valence-electron chi connectivity index (χ2n) is 11.9. The summed E-state index contributed by atoms with van der Waals surface area (Å²) in [6, 6.07) is 19.0. The molecular formula is C36H42F2O3. The predicted octanol–water partition coefficient (Wildman–Crippen LogP) is 9.47. The normalized spacial score (nSPS) is 22.1. The number of benzene rings is 3. The molecule has 4 atom stereocenters. The first-order valence-electron chi connectivity index (χ1n) is 15.5. The van der Waals surface area contributed by atoms with Gasteiger partial charge in [0.1, 0.15) is 5.75 Å². The topological polar surface area (TPSA) is 35.5 Å². The number of halogens is 2. The lowest BCUT2D eigenvalue weighted by Crippen LogP contribution is -2.30. The van der Waals surface area contributed by atoms with Gasteiger partial charge in [-0.1, -0.05) is 50.1 Å². The standard InChI is InChI=1S/C36H42F2O3/c1-3-5-24-8-19-32(20-9-24)41-36(39)28-14-12-26(13-15-28)30-17-16-29-22-25(7-11-31(29)23-30)6-10-27-18-21-33(40-4-2)35(38)34(27)37/h8-9,12-15,18-21,25,29-31H,3-7,10-11,16-17,22-23H2,1-2H3. The second-order valence-corrected chi connectivity index (χ2v) is 11.9. The molecule has 5 heteroatoms. The number of rotatable bonds is 10. The summed E-state index contributed by atoms with van der Waals surface area (Å²) >= 11 is 0. The summed E-state index contributed by atoms with van der Waals surface area (Å²) in [6.07, 6.45) is 10.7. The van der Waals surface area contributed by atoms with E-state index in [0.29, 0.717) is 53.6 Å². The summed E-state index contributed by atoms with van der Waals surface area (Å²) in [4.78, 5) is 12.7. The zero-order chi connectivity index (χ0) is 28.8. The lowest BCUT2D eigenvalue weighted by Gasteiger charge is -2.42. The number of hydrogen-bond acceptors (Lipinski definition) is 3. The third-order valence-electron chi connectivity index (χ3n) is 9.26. The van der Waals surface area contributed by atoms with E-state index in [2.05, 4.69) is 19.1 Å². The van der Waals surface area contributed by atoms with Gasteiger partial charge in [-0.25, -0.2) is 9.18 Å². The number of esters is 1. The SMILES string of the molecule is CCCc1ccc(OC(=O)c2ccc(C3CCC4CC(CCc5ccc(OCC)c(F)c5F)CCC4C3)cc2)cc1. The van der Waals surface area contributed by atoms with E-state index in [1.54, 1.807) is 19.1 Å². The maximum atomic E-state index is 14.5. The lowest BCUT2D eigenvalue weighted by atomic mass is 9.63. The first-order valence-corrected chi connectivity index (χ1v) is 15.5. The van der Waals surface area contributed by atoms with Crippen molar-refractivity contribution in [1.82, 2.24) is 0 Å². The summed E-state index contributed by atoms with van der Waals surface area (Å²) in [5.74, 6) is 1.13. The maximum Gasteiger partial charge on any atom is 0.343 e. The molecule has 5 rings (SSSR count). The summed E-state index contributed by atoms with van der Waals surface area (Å²) < 4.78 is 39.6. The average molecular weight is 561 g/mol.